The lowest BCUT2D eigenvalue weighted by Crippen LogP contribution is -2.44. The Labute approximate surface area is 145 Å². The van der Waals surface area contributed by atoms with Crippen molar-refractivity contribution in [1.82, 2.24) is 4.90 Å². The second-order valence-electron chi connectivity index (χ2n) is 5.92. The van der Waals surface area contributed by atoms with Gasteiger partial charge in [-0.3, -0.25) is 4.99 Å². The van der Waals surface area contributed by atoms with Crippen LogP contribution in [0.1, 0.15) is 22.6 Å². The zero-order valence-corrected chi connectivity index (χ0v) is 14.5. The Hall–Kier alpha value is -1.49. The summed E-state index contributed by atoms with van der Waals surface area (Å²) in [6, 6.07) is 16.0. The Morgan fingerprint density at radius 1 is 1.13 bits per heavy atom. The summed E-state index contributed by atoms with van der Waals surface area (Å²) in [4.78, 5) is 6.22. The summed E-state index contributed by atoms with van der Waals surface area (Å²) in [6.07, 6.45) is 0. The van der Waals surface area contributed by atoms with E-state index in [2.05, 4.69) is 17.1 Å². The Morgan fingerprint density at radius 2 is 1.78 bits per heavy atom. The van der Waals surface area contributed by atoms with Crippen molar-refractivity contribution in [3.63, 3.8) is 0 Å². The van der Waals surface area contributed by atoms with Crippen LogP contribution in [-0.4, -0.2) is 34.5 Å². The number of thioether (sulfide) groups is 1. The van der Waals surface area contributed by atoms with E-state index in [9.17, 15) is 5.11 Å². The van der Waals surface area contributed by atoms with Crippen LogP contribution >= 0.6 is 23.4 Å². The van der Waals surface area contributed by atoms with Gasteiger partial charge in [0, 0.05) is 30.6 Å². The third-order valence-electron chi connectivity index (χ3n) is 4.85. The summed E-state index contributed by atoms with van der Waals surface area (Å²) in [5, 5.41) is 13.1. The first-order valence-electron chi connectivity index (χ1n) is 7.52. The number of amidine groups is 1. The van der Waals surface area contributed by atoms with Gasteiger partial charge in [-0.1, -0.05) is 65.8 Å². The molecule has 0 bridgehead atoms. The molecule has 2 aliphatic rings. The van der Waals surface area contributed by atoms with E-state index in [1.165, 1.54) is 0 Å². The number of nitrogens with zero attached hydrogens (tertiary/aromatic N) is 2. The number of aliphatic hydroxyl groups is 1. The van der Waals surface area contributed by atoms with Gasteiger partial charge in [0.2, 0.25) is 0 Å². The number of halogens is 1. The van der Waals surface area contributed by atoms with Gasteiger partial charge in [-0.15, -0.1) is 0 Å². The highest BCUT2D eigenvalue weighted by atomic mass is 35.5. The lowest BCUT2D eigenvalue weighted by molar-refractivity contribution is -0.0516. The molecular weight excluding hydrogens is 328 g/mol. The summed E-state index contributed by atoms with van der Waals surface area (Å²) < 4.78 is 0. The molecule has 3 unspecified atom stereocenters. The van der Waals surface area contributed by atoms with Gasteiger partial charge in [-0.25, -0.2) is 0 Å². The van der Waals surface area contributed by atoms with E-state index in [1.54, 1.807) is 18.8 Å². The molecular formula is C18H17ClN2OS. The predicted octanol–water partition coefficient (Wildman–Crippen LogP) is 3.66. The molecule has 2 aromatic carbocycles. The smallest absolute Gasteiger partial charge is 0.179 e. The van der Waals surface area contributed by atoms with Gasteiger partial charge >= 0.3 is 0 Å². The summed E-state index contributed by atoms with van der Waals surface area (Å²) in [7, 11) is 3.67. The van der Waals surface area contributed by atoms with Crippen molar-refractivity contribution >= 4 is 28.5 Å². The van der Waals surface area contributed by atoms with Gasteiger partial charge < -0.3 is 10.0 Å². The highest BCUT2D eigenvalue weighted by molar-refractivity contribution is 8.14. The first-order valence-corrected chi connectivity index (χ1v) is 8.78. The number of rotatable bonds is 1. The minimum Gasteiger partial charge on any atom is -0.366 e. The van der Waals surface area contributed by atoms with Crippen LogP contribution in [0.2, 0.25) is 5.02 Å². The first-order chi connectivity index (χ1) is 11.1. The van der Waals surface area contributed by atoms with Crippen LogP contribution in [0.3, 0.4) is 0 Å². The summed E-state index contributed by atoms with van der Waals surface area (Å²) in [5.41, 5.74) is 2.09. The zero-order valence-electron chi connectivity index (χ0n) is 12.9. The van der Waals surface area contributed by atoms with Crippen LogP contribution in [-0.2, 0) is 5.72 Å². The molecule has 4 rings (SSSR count). The van der Waals surface area contributed by atoms with Crippen molar-refractivity contribution in [3.8, 4) is 0 Å². The van der Waals surface area contributed by atoms with Crippen molar-refractivity contribution < 1.29 is 5.11 Å². The summed E-state index contributed by atoms with van der Waals surface area (Å²) in [5.74, 6) is 0.0385. The van der Waals surface area contributed by atoms with Crippen LogP contribution in [0.4, 0.5) is 0 Å². The van der Waals surface area contributed by atoms with E-state index in [-0.39, 0.29) is 11.2 Å². The number of hydrogen-bond acceptors (Lipinski definition) is 3. The number of benzene rings is 2. The van der Waals surface area contributed by atoms with Gasteiger partial charge in [0.15, 0.2) is 10.9 Å². The molecule has 0 radical (unpaired) electrons. The van der Waals surface area contributed by atoms with Crippen LogP contribution in [0.5, 0.6) is 0 Å². The molecule has 0 saturated carbocycles. The topological polar surface area (TPSA) is 35.8 Å². The molecule has 3 nitrogen and oxygen atoms in total. The molecule has 1 aliphatic heterocycles. The largest absolute Gasteiger partial charge is 0.366 e. The normalized spacial score (nSPS) is 30.6. The van der Waals surface area contributed by atoms with Crippen molar-refractivity contribution in [2.75, 3.05) is 14.1 Å². The Morgan fingerprint density at radius 3 is 2.48 bits per heavy atom. The molecule has 1 heterocycles. The van der Waals surface area contributed by atoms with Crippen LogP contribution in [0.15, 0.2) is 53.5 Å². The van der Waals surface area contributed by atoms with Crippen LogP contribution in [0, 0.1) is 0 Å². The molecule has 0 aromatic heterocycles. The molecule has 0 spiro atoms. The average Bonchev–Trinajstić information content (AvgIpc) is 2.97. The highest BCUT2D eigenvalue weighted by Gasteiger charge is 2.60. The molecule has 118 valence electrons. The van der Waals surface area contributed by atoms with E-state index < -0.39 is 5.72 Å². The second-order valence-corrected chi connectivity index (χ2v) is 7.43. The molecule has 2 aromatic rings. The molecule has 3 atom stereocenters. The third-order valence-corrected chi connectivity index (χ3v) is 6.72. The average molecular weight is 345 g/mol. The fourth-order valence-electron chi connectivity index (χ4n) is 3.77. The van der Waals surface area contributed by atoms with Gasteiger partial charge in [0.05, 0.1) is 5.25 Å². The molecule has 5 heteroatoms. The van der Waals surface area contributed by atoms with Crippen LogP contribution < -0.4 is 0 Å². The summed E-state index contributed by atoms with van der Waals surface area (Å²) >= 11 is 8.10. The van der Waals surface area contributed by atoms with E-state index in [1.807, 2.05) is 48.3 Å². The highest BCUT2D eigenvalue weighted by Crippen LogP contribution is 2.59. The van der Waals surface area contributed by atoms with Gasteiger partial charge in [-0.05, 0) is 17.2 Å². The lowest BCUT2D eigenvalue weighted by atomic mass is 9.92. The van der Waals surface area contributed by atoms with E-state index in [0.717, 1.165) is 26.9 Å². The zero-order chi connectivity index (χ0) is 16.2. The molecule has 1 N–H and O–H groups in total. The number of aliphatic imine (C=N–C) groups is 1. The molecule has 1 saturated heterocycles. The number of hydrogen-bond donors (Lipinski definition) is 1. The predicted molar refractivity (Wildman–Crippen MR) is 96.1 cm³/mol. The van der Waals surface area contributed by atoms with Crippen molar-refractivity contribution in [1.29, 1.82) is 0 Å². The monoisotopic (exact) mass is 344 g/mol. The quantitative estimate of drug-likeness (QED) is 0.857. The SMILES string of the molecule is CN=C1SC2C(c3ccccc3Cl)c3ccccc3C2(O)N1C. The van der Waals surface area contributed by atoms with Crippen molar-refractivity contribution in [3.05, 3.63) is 70.2 Å². The maximum atomic E-state index is 11.6. The Balaban J connectivity index is 1.97. The van der Waals surface area contributed by atoms with E-state index >= 15 is 0 Å². The Bertz CT molecular complexity index is 809. The maximum absolute atomic E-state index is 11.6. The third kappa shape index (κ3) is 1.92. The minimum absolute atomic E-state index is 0.0385. The lowest BCUT2D eigenvalue weighted by Gasteiger charge is -2.32. The van der Waals surface area contributed by atoms with E-state index in [4.69, 9.17) is 11.6 Å². The first kappa shape index (κ1) is 15.1. The van der Waals surface area contributed by atoms with Gasteiger partial charge in [0.25, 0.3) is 0 Å². The summed E-state index contributed by atoms with van der Waals surface area (Å²) in [6.45, 7) is 0. The number of fused-ring (bicyclic) bond motifs is 3. The molecule has 0 amide bonds. The van der Waals surface area contributed by atoms with Gasteiger partial charge in [0.1, 0.15) is 0 Å². The minimum atomic E-state index is -1.06. The van der Waals surface area contributed by atoms with Crippen LogP contribution in [0.25, 0.3) is 0 Å². The van der Waals surface area contributed by atoms with Crippen molar-refractivity contribution in [2.24, 2.45) is 4.99 Å². The van der Waals surface area contributed by atoms with Gasteiger partial charge in [-0.2, -0.15) is 0 Å². The second kappa shape index (κ2) is 5.26. The fourth-order valence-corrected chi connectivity index (χ4v) is 5.53. The maximum Gasteiger partial charge on any atom is 0.179 e. The Kier molecular flexibility index (Phi) is 3.45. The fraction of sp³-hybridized carbons (Fsp3) is 0.278. The molecule has 23 heavy (non-hydrogen) atoms. The van der Waals surface area contributed by atoms with E-state index in [0.29, 0.717) is 0 Å². The molecule has 1 aliphatic carbocycles. The standard InChI is InChI=1S/C18H17ClN2OS/c1-20-17-21(2)18(22)13-9-5-3-7-11(13)15(16(18)23-17)12-8-4-6-10-14(12)19/h3-10,15-16,22H,1-2H3. The molecule has 1 fully saturated rings. The van der Waals surface area contributed by atoms with Crippen molar-refractivity contribution in [2.45, 2.75) is 16.9 Å².